The fraction of sp³-hybridized carbons (Fsp3) is 0.455. The molecule has 4 aliphatic rings. The molecule has 6 nitrogen and oxygen atoms in total. The lowest BCUT2D eigenvalue weighted by atomic mass is 9.68. The number of H-pyrrole nitrogens is 1. The van der Waals surface area contributed by atoms with Crippen molar-refractivity contribution in [2.45, 2.75) is 35.6 Å². The molecule has 11 heteroatoms. The first kappa shape index (κ1) is 22.1. The second-order valence-electron chi connectivity index (χ2n) is 9.16. The molecule has 2 aliphatic carbocycles. The zero-order chi connectivity index (χ0) is 23.3. The van der Waals surface area contributed by atoms with Crippen LogP contribution in [0.25, 0.3) is 0 Å². The number of hydrogen-bond donors (Lipinski definition) is 2. The summed E-state index contributed by atoms with van der Waals surface area (Å²) in [5.74, 6) is -2.88. The van der Waals surface area contributed by atoms with Gasteiger partial charge in [-0.2, -0.15) is 0 Å². The van der Waals surface area contributed by atoms with E-state index in [1.807, 2.05) is 12.1 Å². The third-order valence-electron chi connectivity index (χ3n) is 7.82. The van der Waals surface area contributed by atoms with E-state index in [0.29, 0.717) is 14.0 Å². The maximum atomic E-state index is 13.4. The minimum Gasteiger partial charge on any atom is -0.480 e. The number of likely N-dealkylation sites (tertiary alicyclic amines) is 1. The number of nitrogens with zero attached hydrogens (tertiary/aromatic N) is 1. The van der Waals surface area contributed by atoms with Crippen LogP contribution in [-0.4, -0.2) is 44.1 Å². The summed E-state index contributed by atoms with van der Waals surface area (Å²) in [6, 6.07) is 4.44. The van der Waals surface area contributed by atoms with Gasteiger partial charge in [0.2, 0.25) is 11.8 Å². The number of carbonyl (C=O) groups is 3. The van der Waals surface area contributed by atoms with Crippen LogP contribution in [-0.2, 0) is 14.4 Å². The highest BCUT2D eigenvalue weighted by Gasteiger charge is 2.70. The molecule has 1 aromatic heterocycles. The maximum Gasteiger partial charge on any atom is 0.326 e. The molecule has 8 atom stereocenters. The Hall–Kier alpha value is -1.39. The lowest BCUT2D eigenvalue weighted by molar-refractivity contribution is -0.154. The van der Waals surface area contributed by atoms with Gasteiger partial charge in [0, 0.05) is 16.0 Å². The van der Waals surface area contributed by atoms with Crippen molar-refractivity contribution in [1.29, 1.82) is 0 Å². The van der Waals surface area contributed by atoms with Crippen LogP contribution < -0.4 is 0 Å². The number of carboxylic acid groups (broad SMARTS) is 1. The summed E-state index contributed by atoms with van der Waals surface area (Å²) in [4.78, 5) is 43.6. The number of aliphatic carboxylic acids is 1. The molecule has 2 aromatic rings. The van der Waals surface area contributed by atoms with Crippen LogP contribution in [0, 0.1) is 33.5 Å². The summed E-state index contributed by atoms with van der Waals surface area (Å²) in [6.45, 7) is 1.40. The number of thioether (sulfide) groups is 1. The predicted octanol–water partition coefficient (Wildman–Crippen LogP) is 5.06. The molecule has 2 aliphatic heterocycles. The number of thiazole rings is 1. The molecule has 3 fully saturated rings. The molecule has 8 unspecified atom stereocenters. The molecule has 2 bridgehead atoms. The average Bonchev–Trinajstić information content (AvgIpc) is 3.48. The SMILES string of the molecule is CC(C(=O)O)N1C(=O)C2C3CC(C2C1=O)C1C(c2cccc(Cl)c2Cl)c2sc(=S)[nH]c2SC31. The highest BCUT2D eigenvalue weighted by Crippen LogP contribution is 2.69. The van der Waals surface area contributed by atoms with E-state index in [4.69, 9.17) is 35.4 Å². The van der Waals surface area contributed by atoms with Gasteiger partial charge in [0.15, 0.2) is 3.95 Å². The van der Waals surface area contributed by atoms with E-state index in [2.05, 4.69) is 4.98 Å². The van der Waals surface area contributed by atoms with Gasteiger partial charge in [-0.25, -0.2) is 4.79 Å². The van der Waals surface area contributed by atoms with Crippen LogP contribution in [0.4, 0.5) is 0 Å². The summed E-state index contributed by atoms with van der Waals surface area (Å²) in [6.07, 6.45) is 0.773. The number of amides is 2. The van der Waals surface area contributed by atoms with Gasteiger partial charge in [0.05, 0.1) is 26.9 Å². The second kappa shape index (κ2) is 7.55. The van der Waals surface area contributed by atoms with Gasteiger partial charge in [0.1, 0.15) is 6.04 Å². The van der Waals surface area contributed by atoms with Crippen molar-refractivity contribution < 1.29 is 19.5 Å². The van der Waals surface area contributed by atoms with Gasteiger partial charge in [-0.3, -0.25) is 14.5 Å². The molecule has 33 heavy (non-hydrogen) atoms. The van der Waals surface area contributed by atoms with E-state index >= 15 is 0 Å². The molecule has 6 rings (SSSR count). The van der Waals surface area contributed by atoms with Crippen molar-refractivity contribution in [3.05, 3.63) is 42.6 Å². The number of halogens is 2. The van der Waals surface area contributed by atoms with E-state index in [1.165, 1.54) is 18.3 Å². The van der Waals surface area contributed by atoms with Gasteiger partial charge < -0.3 is 10.1 Å². The summed E-state index contributed by atoms with van der Waals surface area (Å²) in [7, 11) is 0. The van der Waals surface area contributed by atoms with Crippen LogP contribution in [0.1, 0.15) is 29.7 Å². The lowest BCUT2D eigenvalue weighted by Crippen LogP contribution is -2.44. The Morgan fingerprint density at radius 1 is 1.24 bits per heavy atom. The van der Waals surface area contributed by atoms with Crippen LogP contribution in [0.2, 0.25) is 10.0 Å². The van der Waals surface area contributed by atoms with Gasteiger partial charge >= 0.3 is 5.97 Å². The number of nitrogens with one attached hydrogen (secondary N) is 1. The Labute approximate surface area is 212 Å². The third-order valence-corrected chi connectivity index (χ3v) is 11.6. The smallest absolute Gasteiger partial charge is 0.326 e. The van der Waals surface area contributed by atoms with Crippen LogP contribution in [0.15, 0.2) is 23.2 Å². The zero-order valence-electron chi connectivity index (χ0n) is 17.2. The fourth-order valence-corrected chi connectivity index (χ4v) is 10.4. The van der Waals surface area contributed by atoms with Crippen LogP contribution >= 0.6 is 58.5 Å². The molecule has 172 valence electrons. The molecular formula is C22H18Cl2N2O4S3. The van der Waals surface area contributed by atoms with Crippen molar-refractivity contribution in [3.63, 3.8) is 0 Å². The van der Waals surface area contributed by atoms with Crippen molar-refractivity contribution >= 4 is 76.3 Å². The predicted molar refractivity (Wildman–Crippen MR) is 128 cm³/mol. The molecular weight excluding hydrogens is 523 g/mol. The van der Waals surface area contributed by atoms with E-state index in [0.717, 1.165) is 26.8 Å². The highest BCUT2D eigenvalue weighted by molar-refractivity contribution is 8.00. The number of benzene rings is 1. The number of rotatable bonds is 3. The first-order valence-electron chi connectivity index (χ1n) is 10.6. The molecule has 2 N–H and O–H groups in total. The van der Waals surface area contributed by atoms with E-state index in [1.54, 1.807) is 17.8 Å². The molecule has 0 spiro atoms. The topological polar surface area (TPSA) is 90.5 Å². The van der Waals surface area contributed by atoms with E-state index in [9.17, 15) is 19.5 Å². The molecule has 2 saturated carbocycles. The minimum atomic E-state index is -1.17. The Balaban J connectivity index is 1.48. The third kappa shape index (κ3) is 2.92. The van der Waals surface area contributed by atoms with Crippen LogP contribution in [0.3, 0.4) is 0 Å². The number of carboxylic acids is 1. The quantitative estimate of drug-likeness (QED) is 0.417. The minimum absolute atomic E-state index is 0.00655. The number of carbonyl (C=O) groups excluding carboxylic acids is 2. The summed E-state index contributed by atoms with van der Waals surface area (Å²) in [5, 5.41) is 11.5. The molecule has 1 aromatic carbocycles. The lowest BCUT2D eigenvalue weighted by Gasteiger charge is -2.43. The van der Waals surface area contributed by atoms with Gasteiger partial charge in [-0.1, -0.05) is 35.3 Å². The number of hydrogen-bond acceptors (Lipinski definition) is 6. The van der Waals surface area contributed by atoms with Gasteiger partial charge in [0.25, 0.3) is 0 Å². The fourth-order valence-electron chi connectivity index (χ4n) is 6.64. The molecule has 3 heterocycles. The first-order valence-corrected chi connectivity index (χ1v) is 13.5. The largest absolute Gasteiger partial charge is 0.480 e. The Morgan fingerprint density at radius 3 is 2.64 bits per heavy atom. The van der Waals surface area contributed by atoms with E-state index < -0.39 is 23.8 Å². The summed E-state index contributed by atoms with van der Waals surface area (Å²) >= 11 is 21.7. The number of fused-ring (bicyclic) bond motifs is 9. The van der Waals surface area contributed by atoms with Crippen molar-refractivity contribution in [3.8, 4) is 0 Å². The van der Waals surface area contributed by atoms with Gasteiger partial charge in [-0.05, 0) is 54.9 Å². The Bertz CT molecular complexity index is 1290. The molecule has 0 radical (unpaired) electrons. The Kier molecular flexibility index (Phi) is 5.06. The van der Waals surface area contributed by atoms with Crippen molar-refractivity contribution in [2.75, 3.05) is 0 Å². The standard InChI is InChI=1S/C22H18Cl2N2O4S3/c1-6(21(29)30)26-19(27)13-8-5-9(14(13)20(26)28)16-12(8)11(7-3-2-4-10(23)15(7)24)17-18(32-16)25-22(31)33-17/h2-4,6,8-9,11-14,16H,5H2,1H3,(H,25,31)(H,29,30). The number of aromatic amines is 1. The first-order chi connectivity index (χ1) is 15.7. The molecule has 2 amide bonds. The monoisotopic (exact) mass is 540 g/mol. The van der Waals surface area contributed by atoms with Crippen molar-refractivity contribution in [1.82, 2.24) is 9.88 Å². The van der Waals surface area contributed by atoms with Gasteiger partial charge in [-0.15, -0.1) is 23.1 Å². The zero-order valence-corrected chi connectivity index (χ0v) is 21.1. The summed E-state index contributed by atoms with van der Waals surface area (Å²) < 4.78 is 0.678. The Morgan fingerprint density at radius 2 is 1.94 bits per heavy atom. The van der Waals surface area contributed by atoms with Crippen LogP contribution in [0.5, 0.6) is 0 Å². The average molecular weight is 542 g/mol. The molecule has 1 saturated heterocycles. The maximum absolute atomic E-state index is 13.4. The normalized spacial score (nSPS) is 34.9. The second-order valence-corrected chi connectivity index (χ2v) is 12.9. The number of aromatic nitrogens is 1. The number of imide groups is 1. The summed E-state index contributed by atoms with van der Waals surface area (Å²) in [5.41, 5.74) is 0.905. The highest BCUT2D eigenvalue weighted by atomic mass is 35.5. The van der Waals surface area contributed by atoms with E-state index in [-0.39, 0.29) is 40.7 Å². The van der Waals surface area contributed by atoms with Crippen molar-refractivity contribution in [2.24, 2.45) is 29.6 Å².